The first-order chi connectivity index (χ1) is 14.3. The SMILES string of the molecule is Cc1cccc(N2CCN(S(=O)(=O)CCCNC(=O)Cc3ccccc3Cl)CC2)c1. The second kappa shape index (κ2) is 10.3. The summed E-state index contributed by atoms with van der Waals surface area (Å²) in [6, 6.07) is 15.5. The van der Waals surface area contributed by atoms with Gasteiger partial charge in [-0.15, -0.1) is 0 Å². The van der Waals surface area contributed by atoms with E-state index in [0.29, 0.717) is 44.2 Å². The first-order valence-electron chi connectivity index (χ1n) is 10.1. The molecule has 0 bridgehead atoms. The van der Waals surface area contributed by atoms with Gasteiger partial charge in [0.15, 0.2) is 0 Å². The van der Waals surface area contributed by atoms with Gasteiger partial charge in [0.2, 0.25) is 15.9 Å². The third kappa shape index (κ3) is 6.20. The Balaban J connectivity index is 1.40. The molecule has 1 fully saturated rings. The van der Waals surface area contributed by atoms with Crippen molar-refractivity contribution < 1.29 is 13.2 Å². The van der Waals surface area contributed by atoms with Crippen molar-refractivity contribution in [1.29, 1.82) is 0 Å². The summed E-state index contributed by atoms with van der Waals surface area (Å²) in [5.74, 6) is -0.128. The number of hydrogen-bond acceptors (Lipinski definition) is 4. The van der Waals surface area contributed by atoms with E-state index in [0.717, 1.165) is 11.3 Å². The van der Waals surface area contributed by atoms with E-state index in [1.54, 1.807) is 10.4 Å². The van der Waals surface area contributed by atoms with Gasteiger partial charge in [-0.05, 0) is 42.7 Å². The number of sulfonamides is 1. The Kier molecular flexibility index (Phi) is 7.75. The third-order valence-electron chi connectivity index (χ3n) is 5.21. The number of amides is 1. The fourth-order valence-corrected chi connectivity index (χ4v) is 5.23. The Bertz CT molecular complexity index is 973. The topological polar surface area (TPSA) is 69.7 Å². The van der Waals surface area contributed by atoms with Gasteiger partial charge in [0.1, 0.15) is 0 Å². The highest BCUT2D eigenvalue weighted by atomic mass is 35.5. The van der Waals surface area contributed by atoms with Crippen LogP contribution in [0.1, 0.15) is 17.5 Å². The fourth-order valence-electron chi connectivity index (χ4n) is 3.54. The number of anilines is 1. The Morgan fingerprint density at radius 1 is 1.07 bits per heavy atom. The number of piperazine rings is 1. The van der Waals surface area contributed by atoms with Crippen LogP contribution in [0, 0.1) is 6.92 Å². The van der Waals surface area contributed by atoms with E-state index in [-0.39, 0.29) is 18.1 Å². The van der Waals surface area contributed by atoms with Crippen LogP contribution in [-0.4, -0.2) is 57.1 Å². The van der Waals surface area contributed by atoms with Gasteiger partial charge < -0.3 is 10.2 Å². The van der Waals surface area contributed by atoms with Crippen LogP contribution >= 0.6 is 11.6 Å². The molecule has 1 heterocycles. The molecule has 0 saturated carbocycles. The maximum Gasteiger partial charge on any atom is 0.224 e. The molecule has 6 nitrogen and oxygen atoms in total. The standard InChI is InChI=1S/C22H28ClN3O3S/c1-18-6-4-8-20(16-18)25-11-13-26(14-12-25)30(28,29)15-5-10-24-22(27)17-19-7-2-3-9-21(19)23/h2-4,6-9,16H,5,10-15,17H2,1H3,(H,24,27). The van der Waals surface area contributed by atoms with E-state index in [1.165, 1.54) is 5.56 Å². The number of carbonyl (C=O) groups excluding carboxylic acids is 1. The lowest BCUT2D eigenvalue weighted by molar-refractivity contribution is -0.120. The fraction of sp³-hybridized carbons (Fsp3) is 0.409. The molecule has 162 valence electrons. The molecule has 1 N–H and O–H groups in total. The Morgan fingerprint density at radius 3 is 2.50 bits per heavy atom. The lowest BCUT2D eigenvalue weighted by Crippen LogP contribution is -2.49. The number of aryl methyl sites for hydroxylation is 1. The molecule has 0 radical (unpaired) electrons. The lowest BCUT2D eigenvalue weighted by Gasteiger charge is -2.35. The average Bonchev–Trinajstić information content (AvgIpc) is 2.73. The van der Waals surface area contributed by atoms with Gasteiger partial charge in [-0.2, -0.15) is 4.31 Å². The summed E-state index contributed by atoms with van der Waals surface area (Å²) in [7, 11) is -3.33. The minimum atomic E-state index is -3.33. The Hall–Kier alpha value is -2.09. The quantitative estimate of drug-likeness (QED) is 0.629. The van der Waals surface area contributed by atoms with Crippen molar-refractivity contribution in [2.75, 3.05) is 43.4 Å². The molecule has 1 amide bonds. The first kappa shape index (κ1) is 22.6. The van der Waals surface area contributed by atoms with Crippen LogP contribution in [0.4, 0.5) is 5.69 Å². The molecule has 1 saturated heterocycles. The van der Waals surface area contributed by atoms with Crippen molar-refractivity contribution in [3.05, 3.63) is 64.7 Å². The summed E-state index contributed by atoms with van der Waals surface area (Å²) in [4.78, 5) is 14.3. The number of rotatable bonds is 8. The maximum absolute atomic E-state index is 12.6. The molecule has 30 heavy (non-hydrogen) atoms. The molecule has 0 aliphatic carbocycles. The predicted octanol–water partition coefficient (Wildman–Crippen LogP) is 2.85. The number of nitrogens with zero attached hydrogens (tertiary/aromatic N) is 2. The van der Waals surface area contributed by atoms with Crippen LogP contribution in [-0.2, 0) is 21.2 Å². The van der Waals surface area contributed by atoms with Gasteiger partial charge in [0.25, 0.3) is 0 Å². The van der Waals surface area contributed by atoms with E-state index < -0.39 is 10.0 Å². The second-order valence-electron chi connectivity index (χ2n) is 7.51. The summed E-state index contributed by atoms with van der Waals surface area (Å²) in [5.41, 5.74) is 3.09. The van der Waals surface area contributed by atoms with Gasteiger partial charge in [0.05, 0.1) is 12.2 Å². The van der Waals surface area contributed by atoms with Gasteiger partial charge in [-0.3, -0.25) is 4.79 Å². The number of halogens is 1. The van der Waals surface area contributed by atoms with Gasteiger partial charge in [-0.1, -0.05) is 41.9 Å². The minimum absolute atomic E-state index is 0.0316. The number of nitrogens with one attached hydrogen (secondary N) is 1. The van der Waals surface area contributed by atoms with Crippen molar-refractivity contribution in [2.45, 2.75) is 19.8 Å². The van der Waals surface area contributed by atoms with E-state index in [9.17, 15) is 13.2 Å². The zero-order valence-corrected chi connectivity index (χ0v) is 18.8. The van der Waals surface area contributed by atoms with Crippen LogP contribution < -0.4 is 10.2 Å². The van der Waals surface area contributed by atoms with Crippen LogP contribution in [0.2, 0.25) is 5.02 Å². The highest BCUT2D eigenvalue weighted by Crippen LogP contribution is 2.19. The zero-order valence-electron chi connectivity index (χ0n) is 17.2. The van der Waals surface area contributed by atoms with Crippen molar-refractivity contribution in [2.24, 2.45) is 0 Å². The van der Waals surface area contributed by atoms with Crippen LogP contribution in [0.25, 0.3) is 0 Å². The summed E-state index contributed by atoms with van der Waals surface area (Å²) in [6.45, 7) is 4.70. The maximum atomic E-state index is 12.6. The number of carbonyl (C=O) groups is 1. The molecule has 1 aliphatic rings. The monoisotopic (exact) mass is 449 g/mol. The average molecular weight is 450 g/mol. The van der Waals surface area contributed by atoms with Gasteiger partial charge in [0, 0.05) is 43.4 Å². The Morgan fingerprint density at radius 2 is 1.80 bits per heavy atom. The molecule has 0 atom stereocenters. The zero-order chi connectivity index (χ0) is 21.6. The lowest BCUT2D eigenvalue weighted by atomic mass is 10.1. The summed E-state index contributed by atoms with van der Waals surface area (Å²) in [6.07, 6.45) is 0.571. The smallest absolute Gasteiger partial charge is 0.224 e. The highest BCUT2D eigenvalue weighted by molar-refractivity contribution is 7.89. The van der Waals surface area contributed by atoms with Crippen LogP contribution in [0.3, 0.4) is 0 Å². The number of benzene rings is 2. The normalized spacial score (nSPS) is 15.2. The Labute approximate surface area is 183 Å². The molecule has 3 rings (SSSR count). The van der Waals surface area contributed by atoms with Gasteiger partial charge in [-0.25, -0.2) is 8.42 Å². The molecule has 2 aromatic carbocycles. The molecular weight excluding hydrogens is 422 g/mol. The predicted molar refractivity (Wildman–Crippen MR) is 122 cm³/mol. The van der Waals surface area contributed by atoms with Crippen LogP contribution in [0.5, 0.6) is 0 Å². The highest BCUT2D eigenvalue weighted by Gasteiger charge is 2.26. The van der Waals surface area contributed by atoms with Crippen molar-refractivity contribution >= 4 is 33.2 Å². The van der Waals surface area contributed by atoms with E-state index in [1.807, 2.05) is 24.3 Å². The summed E-state index contributed by atoms with van der Waals surface area (Å²) < 4.78 is 26.8. The van der Waals surface area contributed by atoms with E-state index in [2.05, 4.69) is 35.3 Å². The minimum Gasteiger partial charge on any atom is -0.369 e. The van der Waals surface area contributed by atoms with Gasteiger partial charge >= 0.3 is 0 Å². The second-order valence-corrected chi connectivity index (χ2v) is 10.0. The van der Waals surface area contributed by atoms with E-state index in [4.69, 9.17) is 11.6 Å². The largest absolute Gasteiger partial charge is 0.369 e. The molecule has 8 heteroatoms. The molecular formula is C22H28ClN3O3S. The third-order valence-corrected chi connectivity index (χ3v) is 7.53. The first-order valence-corrected chi connectivity index (χ1v) is 12.1. The molecule has 0 aromatic heterocycles. The number of hydrogen-bond donors (Lipinski definition) is 1. The molecule has 0 spiro atoms. The van der Waals surface area contributed by atoms with E-state index >= 15 is 0 Å². The molecule has 1 aliphatic heterocycles. The summed E-state index contributed by atoms with van der Waals surface area (Å²) in [5, 5.41) is 3.33. The molecule has 2 aromatic rings. The molecule has 0 unspecified atom stereocenters. The van der Waals surface area contributed by atoms with Crippen molar-refractivity contribution in [3.63, 3.8) is 0 Å². The van der Waals surface area contributed by atoms with Crippen molar-refractivity contribution in [3.8, 4) is 0 Å². The summed E-state index contributed by atoms with van der Waals surface area (Å²) >= 11 is 6.06. The van der Waals surface area contributed by atoms with Crippen molar-refractivity contribution in [1.82, 2.24) is 9.62 Å². The van der Waals surface area contributed by atoms with Crippen LogP contribution in [0.15, 0.2) is 48.5 Å².